The summed E-state index contributed by atoms with van der Waals surface area (Å²) in [5.74, 6) is -0.231. The monoisotopic (exact) mass is 287 g/mol. The van der Waals surface area contributed by atoms with Crippen molar-refractivity contribution in [1.29, 1.82) is 0 Å². The summed E-state index contributed by atoms with van der Waals surface area (Å²) >= 11 is 1.35. The Bertz CT molecular complexity index is 590. The summed E-state index contributed by atoms with van der Waals surface area (Å²) in [4.78, 5) is 12.7. The lowest BCUT2D eigenvalue weighted by Gasteiger charge is -2.26. The van der Waals surface area contributed by atoms with Gasteiger partial charge in [0, 0.05) is 6.20 Å². The van der Waals surface area contributed by atoms with Gasteiger partial charge in [0.15, 0.2) is 0 Å². The van der Waals surface area contributed by atoms with Crippen LogP contribution in [0.5, 0.6) is 0 Å². The molecular weight excluding hydrogens is 275 g/mol. The zero-order chi connectivity index (χ0) is 14.3. The number of nitrogens with zero attached hydrogens (tertiary/aromatic N) is 3. The van der Waals surface area contributed by atoms with Crippen molar-refractivity contribution < 1.29 is 13.2 Å². The largest absolute Gasteiger partial charge is 0.400 e. The van der Waals surface area contributed by atoms with Gasteiger partial charge in [-0.1, -0.05) is 0 Å². The van der Waals surface area contributed by atoms with Crippen LogP contribution in [0.1, 0.15) is 25.4 Å². The summed E-state index contributed by atoms with van der Waals surface area (Å²) in [5, 5.41) is 0. The van der Waals surface area contributed by atoms with E-state index < -0.39 is 11.6 Å². The third kappa shape index (κ3) is 2.47. The molecule has 2 aromatic rings. The topological polar surface area (TPSA) is 38.7 Å². The van der Waals surface area contributed by atoms with Crippen LogP contribution in [0.2, 0.25) is 0 Å². The highest BCUT2D eigenvalue weighted by molar-refractivity contribution is 7.13. The zero-order valence-corrected chi connectivity index (χ0v) is 11.4. The molecule has 0 bridgehead atoms. The summed E-state index contributed by atoms with van der Waals surface area (Å²) < 4.78 is 38.9. The van der Waals surface area contributed by atoms with E-state index in [1.807, 2.05) is 0 Å². The van der Waals surface area contributed by atoms with E-state index in [1.165, 1.54) is 17.5 Å². The number of aromatic nitrogens is 3. The molecule has 0 N–H and O–H groups in total. The highest BCUT2D eigenvalue weighted by atomic mass is 32.1. The molecule has 0 fully saturated rings. The first kappa shape index (κ1) is 13.9. The first-order valence-electron chi connectivity index (χ1n) is 5.54. The zero-order valence-electron chi connectivity index (χ0n) is 10.6. The van der Waals surface area contributed by atoms with Crippen molar-refractivity contribution in [3.8, 4) is 10.6 Å². The van der Waals surface area contributed by atoms with Crippen LogP contribution in [0.25, 0.3) is 10.6 Å². The Morgan fingerprint density at radius 1 is 1.16 bits per heavy atom. The predicted octanol–water partition coefficient (Wildman–Crippen LogP) is 3.75. The van der Waals surface area contributed by atoms with Gasteiger partial charge in [0.05, 0.1) is 21.8 Å². The lowest BCUT2D eigenvalue weighted by Crippen LogP contribution is -2.38. The summed E-state index contributed by atoms with van der Waals surface area (Å²) in [7, 11) is 0. The minimum atomic E-state index is -4.39. The van der Waals surface area contributed by atoms with E-state index in [4.69, 9.17) is 0 Å². The van der Waals surface area contributed by atoms with Gasteiger partial charge < -0.3 is 0 Å². The highest BCUT2D eigenvalue weighted by Gasteiger charge is 2.50. The van der Waals surface area contributed by atoms with Crippen molar-refractivity contribution in [3.63, 3.8) is 0 Å². The molecule has 0 unspecified atom stereocenters. The second kappa shape index (κ2) is 4.56. The molecule has 0 spiro atoms. The molecule has 0 aliphatic carbocycles. The SMILES string of the molecule is Cc1ncsc1-c1ccnc(C(C)(C)C(F)(F)F)n1. The lowest BCUT2D eigenvalue weighted by atomic mass is 9.91. The van der Waals surface area contributed by atoms with Gasteiger partial charge >= 0.3 is 6.18 Å². The fraction of sp³-hybridized carbons (Fsp3) is 0.417. The quantitative estimate of drug-likeness (QED) is 0.844. The second-order valence-corrected chi connectivity index (χ2v) is 5.51. The highest BCUT2D eigenvalue weighted by Crippen LogP contribution is 2.39. The molecule has 0 aliphatic heterocycles. The Kier molecular flexibility index (Phi) is 3.34. The summed E-state index contributed by atoms with van der Waals surface area (Å²) in [6, 6.07) is 1.59. The molecule has 0 atom stereocenters. The standard InChI is InChI=1S/C12H12F3N3S/c1-7-9(19-6-17-7)8-4-5-16-10(18-8)11(2,3)12(13,14)15/h4-6H,1-3H3. The molecule has 2 heterocycles. The molecule has 0 saturated carbocycles. The van der Waals surface area contributed by atoms with E-state index in [2.05, 4.69) is 15.0 Å². The summed E-state index contributed by atoms with van der Waals surface area (Å²) in [5.41, 5.74) is 0.782. The second-order valence-electron chi connectivity index (χ2n) is 4.66. The molecular formula is C12H12F3N3S. The van der Waals surface area contributed by atoms with E-state index in [-0.39, 0.29) is 5.82 Å². The van der Waals surface area contributed by atoms with Crippen LogP contribution in [0, 0.1) is 6.92 Å². The predicted molar refractivity (Wildman–Crippen MR) is 67.0 cm³/mol. The maximum Gasteiger partial charge on any atom is 0.400 e. The van der Waals surface area contributed by atoms with Crippen LogP contribution in [0.4, 0.5) is 13.2 Å². The first-order valence-corrected chi connectivity index (χ1v) is 6.42. The Morgan fingerprint density at radius 2 is 1.84 bits per heavy atom. The fourth-order valence-electron chi connectivity index (χ4n) is 1.46. The van der Waals surface area contributed by atoms with E-state index in [9.17, 15) is 13.2 Å². The average Bonchev–Trinajstić information content (AvgIpc) is 2.74. The molecule has 102 valence electrons. The van der Waals surface area contributed by atoms with Gasteiger partial charge in [-0.3, -0.25) is 0 Å². The minimum absolute atomic E-state index is 0.231. The first-order chi connectivity index (χ1) is 8.73. The minimum Gasteiger partial charge on any atom is -0.249 e. The van der Waals surface area contributed by atoms with E-state index >= 15 is 0 Å². The lowest BCUT2D eigenvalue weighted by molar-refractivity contribution is -0.182. The number of hydrogen-bond acceptors (Lipinski definition) is 4. The molecule has 0 aromatic carbocycles. The Labute approximate surface area is 112 Å². The third-order valence-corrected chi connectivity index (χ3v) is 3.85. The van der Waals surface area contributed by atoms with Crippen LogP contribution < -0.4 is 0 Å². The Balaban J connectivity index is 2.49. The van der Waals surface area contributed by atoms with Gasteiger partial charge in [-0.2, -0.15) is 13.2 Å². The van der Waals surface area contributed by atoms with Gasteiger partial charge in [-0.15, -0.1) is 11.3 Å². The number of thiazole rings is 1. The number of rotatable bonds is 2. The van der Waals surface area contributed by atoms with Crippen LogP contribution in [0.3, 0.4) is 0 Å². The molecule has 19 heavy (non-hydrogen) atoms. The van der Waals surface area contributed by atoms with Gasteiger partial charge in [0.2, 0.25) is 0 Å². The smallest absolute Gasteiger partial charge is 0.249 e. The number of halogens is 3. The Morgan fingerprint density at radius 3 is 2.37 bits per heavy atom. The van der Waals surface area contributed by atoms with E-state index in [0.29, 0.717) is 5.69 Å². The van der Waals surface area contributed by atoms with Crippen LogP contribution in [-0.2, 0) is 5.41 Å². The number of alkyl halides is 3. The van der Waals surface area contributed by atoms with Crippen LogP contribution >= 0.6 is 11.3 Å². The molecule has 0 radical (unpaired) electrons. The molecule has 0 saturated heterocycles. The van der Waals surface area contributed by atoms with Crippen molar-refractivity contribution in [2.75, 3.05) is 0 Å². The summed E-state index contributed by atoms with van der Waals surface area (Å²) in [6.45, 7) is 3.94. The normalized spacial score (nSPS) is 12.7. The number of hydrogen-bond donors (Lipinski definition) is 0. The van der Waals surface area contributed by atoms with Gasteiger partial charge in [0.25, 0.3) is 0 Å². The summed E-state index contributed by atoms with van der Waals surface area (Å²) in [6.07, 6.45) is -3.04. The van der Waals surface area contributed by atoms with Crippen molar-refractivity contribution >= 4 is 11.3 Å². The molecule has 2 rings (SSSR count). The van der Waals surface area contributed by atoms with Gasteiger partial charge in [0.1, 0.15) is 11.2 Å². The van der Waals surface area contributed by atoms with Crippen molar-refractivity contribution in [2.45, 2.75) is 32.4 Å². The van der Waals surface area contributed by atoms with E-state index in [1.54, 1.807) is 18.5 Å². The fourth-order valence-corrected chi connectivity index (χ4v) is 2.23. The van der Waals surface area contributed by atoms with Crippen LogP contribution in [-0.4, -0.2) is 21.1 Å². The molecule has 3 nitrogen and oxygen atoms in total. The van der Waals surface area contributed by atoms with Crippen LogP contribution in [0.15, 0.2) is 17.8 Å². The average molecular weight is 287 g/mol. The maximum atomic E-state index is 13.0. The Hall–Kier alpha value is -1.50. The maximum absolute atomic E-state index is 13.0. The molecule has 0 amide bonds. The van der Waals surface area contributed by atoms with Gasteiger partial charge in [-0.25, -0.2) is 15.0 Å². The van der Waals surface area contributed by atoms with Gasteiger partial charge in [-0.05, 0) is 26.8 Å². The number of aryl methyl sites for hydroxylation is 1. The molecule has 0 aliphatic rings. The van der Waals surface area contributed by atoms with Crippen molar-refractivity contribution in [2.24, 2.45) is 0 Å². The van der Waals surface area contributed by atoms with Crippen molar-refractivity contribution in [3.05, 3.63) is 29.3 Å². The van der Waals surface area contributed by atoms with E-state index in [0.717, 1.165) is 24.4 Å². The molecule has 7 heteroatoms. The van der Waals surface area contributed by atoms with Crippen molar-refractivity contribution in [1.82, 2.24) is 15.0 Å². The molecule has 2 aromatic heterocycles. The third-order valence-electron chi connectivity index (χ3n) is 2.90.